The van der Waals surface area contributed by atoms with Crippen LogP contribution in [0.4, 0.5) is 4.39 Å². The van der Waals surface area contributed by atoms with Crippen molar-refractivity contribution in [3.05, 3.63) is 71.0 Å². The molecule has 4 nitrogen and oxygen atoms in total. The largest absolute Gasteiger partial charge is 0.218 e. The van der Waals surface area contributed by atoms with Crippen molar-refractivity contribution in [1.29, 1.82) is 5.26 Å². The third kappa shape index (κ3) is 4.13. The van der Waals surface area contributed by atoms with Gasteiger partial charge in [-0.3, -0.25) is 0 Å². The van der Waals surface area contributed by atoms with Gasteiger partial charge >= 0.3 is 0 Å². The summed E-state index contributed by atoms with van der Waals surface area (Å²) in [4.78, 5) is 0. The number of nitrogens with zero attached hydrogens (tertiary/aromatic N) is 2. The Bertz CT molecular complexity index is 813. The van der Waals surface area contributed by atoms with E-state index in [0.717, 1.165) is 0 Å². The van der Waals surface area contributed by atoms with E-state index in [1.165, 1.54) is 23.5 Å². The van der Waals surface area contributed by atoms with E-state index < -0.39 is 15.8 Å². The summed E-state index contributed by atoms with van der Waals surface area (Å²) in [6, 6.07) is 14.3. The fourth-order valence-electron chi connectivity index (χ4n) is 2.04. The summed E-state index contributed by atoms with van der Waals surface area (Å²) < 4.78 is 39.0. The second kappa shape index (κ2) is 6.69. The van der Waals surface area contributed by atoms with E-state index in [0.29, 0.717) is 16.7 Å². The van der Waals surface area contributed by atoms with E-state index in [4.69, 9.17) is 5.26 Å². The van der Waals surface area contributed by atoms with Crippen molar-refractivity contribution in [2.24, 2.45) is 0 Å². The Balaban J connectivity index is 2.14. The first kappa shape index (κ1) is 16.1. The molecule has 0 aromatic heterocycles. The van der Waals surface area contributed by atoms with Crippen LogP contribution in [0.1, 0.15) is 16.7 Å². The maximum atomic E-state index is 13.1. The van der Waals surface area contributed by atoms with Gasteiger partial charge in [0.05, 0.1) is 17.4 Å². The van der Waals surface area contributed by atoms with Crippen LogP contribution in [0.5, 0.6) is 0 Å². The molecule has 0 unspecified atom stereocenters. The van der Waals surface area contributed by atoms with Gasteiger partial charge in [-0.25, -0.2) is 17.1 Å². The molecule has 6 heteroatoms. The molecule has 0 aliphatic carbocycles. The van der Waals surface area contributed by atoms with Crippen LogP contribution in [0.2, 0.25) is 0 Å². The molecule has 0 spiro atoms. The van der Waals surface area contributed by atoms with Crippen LogP contribution >= 0.6 is 0 Å². The van der Waals surface area contributed by atoms with E-state index in [2.05, 4.69) is 0 Å². The van der Waals surface area contributed by atoms with Crippen molar-refractivity contribution >= 4 is 10.0 Å². The Morgan fingerprint density at radius 2 is 1.82 bits per heavy atom. The summed E-state index contributed by atoms with van der Waals surface area (Å²) >= 11 is 0. The van der Waals surface area contributed by atoms with Crippen LogP contribution < -0.4 is 0 Å². The zero-order chi connectivity index (χ0) is 16.2. The number of halogens is 1. The van der Waals surface area contributed by atoms with Gasteiger partial charge in [0.2, 0.25) is 10.0 Å². The summed E-state index contributed by atoms with van der Waals surface area (Å²) in [5, 5.41) is 8.85. The quantitative estimate of drug-likeness (QED) is 0.851. The minimum absolute atomic E-state index is 0.0953. The van der Waals surface area contributed by atoms with Crippen LogP contribution in [-0.2, 0) is 22.3 Å². The van der Waals surface area contributed by atoms with Crippen molar-refractivity contribution in [3.63, 3.8) is 0 Å². The smallest absolute Gasteiger partial charge is 0.212 e. The van der Waals surface area contributed by atoms with Gasteiger partial charge in [-0.1, -0.05) is 24.3 Å². The molecule has 114 valence electrons. The summed E-state index contributed by atoms with van der Waals surface area (Å²) in [6.07, 6.45) is 0. The molecule has 2 aromatic rings. The first-order chi connectivity index (χ1) is 10.4. The molecule has 0 N–H and O–H groups in total. The normalized spacial score (nSPS) is 11.4. The Hall–Kier alpha value is -2.23. The molecule has 0 atom stereocenters. The molecule has 0 radical (unpaired) electrons. The number of hydrogen-bond donors (Lipinski definition) is 0. The minimum Gasteiger partial charge on any atom is -0.212 e. The summed E-state index contributed by atoms with van der Waals surface area (Å²) in [7, 11) is -2.10. The molecular formula is C16H15FN2O2S. The van der Waals surface area contributed by atoms with E-state index >= 15 is 0 Å². The fourth-order valence-corrected chi connectivity index (χ4v) is 3.21. The first-order valence-electron chi connectivity index (χ1n) is 6.58. The topological polar surface area (TPSA) is 61.2 Å². The number of rotatable bonds is 5. The molecule has 0 aliphatic rings. The highest BCUT2D eigenvalue weighted by Crippen LogP contribution is 2.14. The van der Waals surface area contributed by atoms with Crippen molar-refractivity contribution in [3.8, 4) is 6.07 Å². The highest BCUT2D eigenvalue weighted by atomic mass is 32.2. The highest BCUT2D eigenvalue weighted by molar-refractivity contribution is 7.88. The monoisotopic (exact) mass is 318 g/mol. The second-order valence-electron chi connectivity index (χ2n) is 4.95. The van der Waals surface area contributed by atoms with Gasteiger partial charge in [-0.05, 0) is 35.4 Å². The lowest BCUT2D eigenvalue weighted by molar-refractivity contribution is 0.464. The predicted molar refractivity (Wildman–Crippen MR) is 81.6 cm³/mol. The molecule has 0 saturated heterocycles. The summed E-state index contributed by atoms with van der Waals surface area (Å²) in [5.41, 5.74) is 1.54. The molecule has 2 aromatic carbocycles. The Morgan fingerprint density at radius 1 is 1.14 bits per heavy atom. The maximum absolute atomic E-state index is 13.1. The van der Waals surface area contributed by atoms with Gasteiger partial charge in [-0.2, -0.15) is 5.26 Å². The standard InChI is InChI=1S/C16H15FN2O2S/c1-19(11-14-5-3-7-16(17)9-14)22(20,21)12-15-6-2-4-13(8-15)10-18/h2-9H,11-12H2,1H3. The maximum Gasteiger partial charge on any atom is 0.218 e. The van der Waals surface area contributed by atoms with Gasteiger partial charge in [-0.15, -0.1) is 0 Å². The van der Waals surface area contributed by atoms with Crippen molar-refractivity contribution in [2.75, 3.05) is 7.05 Å². The Labute approximate surface area is 129 Å². The molecular weight excluding hydrogens is 303 g/mol. The van der Waals surface area contributed by atoms with E-state index in [-0.39, 0.29) is 12.3 Å². The lowest BCUT2D eigenvalue weighted by Crippen LogP contribution is -2.27. The van der Waals surface area contributed by atoms with Gasteiger partial charge in [0.15, 0.2) is 0 Å². The zero-order valence-corrected chi connectivity index (χ0v) is 12.8. The molecule has 0 aliphatic heterocycles. The summed E-state index contributed by atoms with van der Waals surface area (Å²) in [6.45, 7) is 0.0953. The van der Waals surface area contributed by atoms with Gasteiger partial charge in [0.25, 0.3) is 0 Å². The number of nitriles is 1. The van der Waals surface area contributed by atoms with Crippen LogP contribution in [0, 0.1) is 17.1 Å². The highest BCUT2D eigenvalue weighted by Gasteiger charge is 2.19. The van der Waals surface area contributed by atoms with Crippen LogP contribution in [-0.4, -0.2) is 19.8 Å². The SMILES string of the molecule is CN(Cc1cccc(F)c1)S(=O)(=O)Cc1cccc(C#N)c1. The zero-order valence-electron chi connectivity index (χ0n) is 12.0. The first-order valence-corrected chi connectivity index (χ1v) is 8.19. The molecule has 0 fully saturated rings. The molecule has 0 heterocycles. The van der Waals surface area contributed by atoms with E-state index in [9.17, 15) is 12.8 Å². The number of sulfonamides is 1. The van der Waals surface area contributed by atoms with Crippen LogP contribution in [0.25, 0.3) is 0 Å². The predicted octanol–water partition coefficient (Wildman–Crippen LogP) is 2.66. The van der Waals surface area contributed by atoms with Crippen molar-refractivity contribution < 1.29 is 12.8 Å². The Morgan fingerprint density at radius 3 is 2.50 bits per heavy atom. The Kier molecular flexibility index (Phi) is 4.91. The van der Waals surface area contributed by atoms with Gasteiger partial charge < -0.3 is 0 Å². The molecule has 0 bridgehead atoms. The third-order valence-electron chi connectivity index (χ3n) is 3.17. The average molecular weight is 318 g/mol. The molecule has 0 saturated carbocycles. The number of benzene rings is 2. The van der Waals surface area contributed by atoms with E-state index in [1.807, 2.05) is 6.07 Å². The van der Waals surface area contributed by atoms with Gasteiger partial charge in [0.1, 0.15) is 5.82 Å². The van der Waals surface area contributed by atoms with E-state index in [1.54, 1.807) is 36.4 Å². The minimum atomic E-state index is -3.55. The lowest BCUT2D eigenvalue weighted by atomic mass is 10.2. The average Bonchev–Trinajstić information content (AvgIpc) is 2.47. The summed E-state index contributed by atoms with van der Waals surface area (Å²) in [5.74, 6) is -0.598. The van der Waals surface area contributed by atoms with Gasteiger partial charge in [0, 0.05) is 13.6 Å². The molecule has 2 rings (SSSR count). The van der Waals surface area contributed by atoms with Crippen molar-refractivity contribution in [2.45, 2.75) is 12.3 Å². The number of hydrogen-bond acceptors (Lipinski definition) is 3. The second-order valence-corrected chi connectivity index (χ2v) is 7.03. The fraction of sp³-hybridized carbons (Fsp3) is 0.188. The molecule has 22 heavy (non-hydrogen) atoms. The van der Waals surface area contributed by atoms with Crippen LogP contribution in [0.15, 0.2) is 48.5 Å². The molecule has 0 amide bonds. The van der Waals surface area contributed by atoms with Crippen LogP contribution in [0.3, 0.4) is 0 Å². The van der Waals surface area contributed by atoms with Crippen molar-refractivity contribution in [1.82, 2.24) is 4.31 Å². The lowest BCUT2D eigenvalue weighted by Gasteiger charge is -2.17. The third-order valence-corrected chi connectivity index (χ3v) is 4.95.